The van der Waals surface area contributed by atoms with E-state index in [1.165, 1.54) is 22.3 Å². The van der Waals surface area contributed by atoms with E-state index in [0.717, 1.165) is 33.6 Å². The fraction of sp³-hybridized carbons (Fsp3) is 0.208. The molecule has 8 heteroatoms. The van der Waals surface area contributed by atoms with Crippen molar-refractivity contribution >= 4 is 46.4 Å². The number of hydrogen-bond acceptors (Lipinski definition) is 4. The Labute approximate surface area is 336 Å². The average Bonchev–Trinajstić information content (AvgIpc) is 3.60. The lowest BCUT2D eigenvalue weighted by Gasteiger charge is -2.66. The summed E-state index contributed by atoms with van der Waals surface area (Å²) in [6.07, 6.45) is 1.14. The molecule has 0 bridgehead atoms. The molecule has 56 heavy (non-hydrogen) atoms. The van der Waals surface area contributed by atoms with E-state index in [4.69, 9.17) is 23.2 Å². The van der Waals surface area contributed by atoms with E-state index < -0.39 is 23.2 Å². The Bertz CT molecular complexity index is 2340. The number of piperazine rings is 1. The first-order valence-electron chi connectivity index (χ1n) is 19.4. The first-order chi connectivity index (χ1) is 27.4. The Balaban J connectivity index is 1.21. The van der Waals surface area contributed by atoms with Crippen LogP contribution in [-0.4, -0.2) is 33.7 Å². The minimum absolute atomic E-state index is 0.0186. The van der Waals surface area contributed by atoms with Gasteiger partial charge in [0.25, 0.3) is 11.8 Å². The van der Waals surface area contributed by atoms with E-state index >= 15 is 9.59 Å². The van der Waals surface area contributed by atoms with Crippen LogP contribution in [0, 0.1) is 0 Å². The summed E-state index contributed by atoms with van der Waals surface area (Å²) in [5, 5.41) is 1.16. The molecule has 1 saturated heterocycles. The van der Waals surface area contributed by atoms with Crippen LogP contribution in [0.1, 0.15) is 44.5 Å². The van der Waals surface area contributed by atoms with Gasteiger partial charge in [0.2, 0.25) is 0 Å². The highest BCUT2D eigenvalue weighted by molar-refractivity contribution is 6.31. The first kappa shape index (κ1) is 34.0. The molecular weight excluding hydrogens is 735 g/mol. The number of anilines is 2. The third-order valence-corrected chi connectivity index (χ3v) is 13.7. The van der Waals surface area contributed by atoms with Gasteiger partial charge in [-0.05, 0) is 82.6 Å². The van der Waals surface area contributed by atoms with Crippen molar-refractivity contribution < 1.29 is 9.59 Å². The Morgan fingerprint density at radius 1 is 0.482 bits per heavy atom. The van der Waals surface area contributed by atoms with Gasteiger partial charge in [-0.25, -0.2) is 0 Å². The zero-order chi connectivity index (χ0) is 37.8. The van der Waals surface area contributed by atoms with E-state index in [1.807, 2.05) is 82.6 Å². The molecule has 0 saturated carbocycles. The van der Waals surface area contributed by atoms with Crippen LogP contribution in [0.3, 0.4) is 0 Å². The van der Waals surface area contributed by atoms with E-state index in [1.54, 1.807) is 0 Å². The molecule has 11 rings (SSSR count). The Kier molecular flexibility index (Phi) is 7.68. The molecule has 4 atom stereocenters. The van der Waals surface area contributed by atoms with Gasteiger partial charge in [0.15, 0.2) is 0 Å². The number of benzene rings is 6. The molecule has 5 heterocycles. The molecule has 276 valence electrons. The summed E-state index contributed by atoms with van der Waals surface area (Å²) in [6, 6.07) is 48.4. The summed E-state index contributed by atoms with van der Waals surface area (Å²) >= 11 is 14.0. The van der Waals surface area contributed by atoms with Gasteiger partial charge in [-0.1, -0.05) is 132 Å². The van der Waals surface area contributed by atoms with Crippen LogP contribution in [0.5, 0.6) is 0 Å². The molecule has 6 aromatic rings. The number of carbonyl (C=O) groups excluding carboxylic acids is 2. The summed E-state index contributed by atoms with van der Waals surface area (Å²) in [5.41, 5.74) is 7.99. The number of nitrogens with zero attached hydrogens (tertiary/aromatic N) is 4. The number of hydrogen-bond donors (Lipinski definition) is 0. The molecule has 0 N–H and O–H groups in total. The number of halogens is 2. The second-order valence-corrected chi connectivity index (χ2v) is 16.7. The lowest BCUT2D eigenvalue weighted by atomic mass is 9.63. The molecule has 2 amide bonds. The highest BCUT2D eigenvalue weighted by Gasteiger charge is 2.75. The zero-order valence-corrected chi connectivity index (χ0v) is 32.1. The molecule has 6 aromatic carbocycles. The molecule has 1 fully saturated rings. The van der Waals surface area contributed by atoms with Crippen molar-refractivity contribution in [1.82, 2.24) is 9.80 Å². The van der Waals surface area contributed by atoms with E-state index in [9.17, 15) is 0 Å². The predicted octanol–water partition coefficient (Wildman–Crippen LogP) is 9.05. The van der Waals surface area contributed by atoms with Crippen molar-refractivity contribution in [1.29, 1.82) is 0 Å². The van der Waals surface area contributed by atoms with Crippen LogP contribution < -0.4 is 9.80 Å². The van der Waals surface area contributed by atoms with Crippen molar-refractivity contribution in [3.8, 4) is 0 Å². The maximum atomic E-state index is 16.2. The molecule has 6 nitrogen and oxygen atoms in total. The number of carbonyl (C=O) groups is 2. The Morgan fingerprint density at radius 2 is 0.857 bits per heavy atom. The maximum absolute atomic E-state index is 16.2. The minimum atomic E-state index is -1.17. The predicted molar refractivity (Wildman–Crippen MR) is 220 cm³/mol. The van der Waals surface area contributed by atoms with Crippen molar-refractivity contribution in [2.45, 2.75) is 62.2 Å². The summed E-state index contributed by atoms with van der Waals surface area (Å²) in [4.78, 5) is 41.2. The largest absolute Gasteiger partial charge is 0.306 e. The third kappa shape index (κ3) is 4.64. The van der Waals surface area contributed by atoms with Crippen molar-refractivity contribution in [3.63, 3.8) is 0 Å². The average molecular weight is 774 g/mol. The van der Waals surface area contributed by atoms with Gasteiger partial charge < -0.3 is 9.80 Å². The summed E-state index contributed by atoms with van der Waals surface area (Å²) in [6.45, 7) is 1.82. The van der Waals surface area contributed by atoms with E-state index in [2.05, 4.69) is 82.6 Å². The standard InChI is InChI=1S/C48H38Cl2N4O2/c49-37-19-21-41-39(25-37)47(45(55)51(41)27-31-11-3-1-4-12-31)43-23-33-15-7-10-18-36(33)30-54(43)48(44-24-34-16-8-9-17-35(34)29-53(44)47)40-26-38(50)20-22-42(40)52(46(48)56)28-32-13-5-2-6-14-32/h1-22,25-26,43-44H,23-24,27-30H2/t43-,44-,47-,48+/m1/s1. The lowest BCUT2D eigenvalue weighted by Crippen LogP contribution is -2.82. The topological polar surface area (TPSA) is 47.1 Å². The molecule has 5 aliphatic rings. The fourth-order valence-electron chi connectivity index (χ4n) is 10.9. The van der Waals surface area contributed by atoms with Crippen molar-refractivity contribution in [2.75, 3.05) is 9.80 Å². The smallest absolute Gasteiger partial charge is 0.254 e. The quantitative estimate of drug-likeness (QED) is 0.180. The minimum Gasteiger partial charge on any atom is -0.306 e. The number of rotatable bonds is 4. The molecule has 5 aliphatic heterocycles. The number of amides is 2. The lowest BCUT2D eigenvalue weighted by molar-refractivity contribution is -0.193. The highest BCUT2D eigenvalue weighted by atomic mass is 35.5. The number of fused-ring (bicyclic) bond motifs is 12. The summed E-state index contributed by atoms with van der Waals surface area (Å²) < 4.78 is 0. The maximum Gasteiger partial charge on any atom is 0.254 e. The zero-order valence-electron chi connectivity index (χ0n) is 30.6. The molecule has 2 spiro atoms. The molecule has 0 aliphatic carbocycles. The SMILES string of the molecule is O=C1N(Cc2ccccc2)c2ccc(Cl)cc2[C@]12[C@H]1Cc3ccccc3CN1[C@@]1(C(=O)N(Cc3ccccc3)c3ccc(Cl)cc31)[C@H]1Cc3ccccc3CN12. The van der Waals surface area contributed by atoms with Crippen LogP contribution >= 0.6 is 23.2 Å². The van der Waals surface area contributed by atoms with Crippen LogP contribution in [-0.2, 0) is 59.7 Å². The summed E-state index contributed by atoms with van der Waals surface area (Å²) in [7, 11) is 0. The van der Waals surface area contributed by atoms with Gasteiger partial charge in [0.1, 0.15) is 11.1 Å². The molecule has 0 radical (unpaired) electrons. The molecule has 0 unspecified atom stereocenters. The van der Waals surface area contributed by atoms with Gasteiger partial charge in [-0.3, -0.25) is 19.4 Å². The van der Waals surface area contributed by atoms with Crippen LogP contribution in [0.25, 0.3) is 0 Å². The highest BCUT2D eigenvalue weighted by Crippen LogP contribution is 2.63. The second kappa shape index (κ2) is 12.6. The van der Waals surface area contributed by atoms with Gasteiger partial charge in [0.05, 0.1) is 13.1 Å². The first-order valence-corrected chi connectivity index (χ1v) is 20.1. The Hall–Kier alpha value is -5.24. The van der Waals surface area contributed by atoms with E-state index in [0.29, 0.717) is 49.1 Å². The summed E-state index contributed by atoms with van der Waals surface area (Å²) in [5.74, 6) is 0.0373. The Morgan fingerprint density at radius 3 is 1.27 bits per heavy atom. The van der Waals surface area contributed by atoms with Crippen molar-refractivity contribution in [3.05, 3.63) is 200 Å². The normalized spacial score (nSPS) is 24.8. The monoisotopic (exact) mass is 772 g/mol. The van der Waals surface area contributed by atoms with Gasteiger partial charge in [-0.2, -0.15) is 0 Å². The van der Waals surface area contributed by atoms with Crippen LogP contribution in [0.15, 0.2) is 146 Å². The molecular formula is C48H38Cl2N4O2. The van der Waals surface area contributed by atoms with Gasteiger partial charge in [0, 0.05) is 57.7 Å². The van der Waals surface area contributed by atoms with Crippen molar-refractivity contribution in [2.24, 2.45) is 0 Å². The fourth-order valence-corrected chi connectivity index (χ4v) is 11.3. The molecule has 0 aromatic heterocycles. The van der Waals surface area contributed by atoms with Crippen LogP contribution in [0.2, 0.25) is 10.0 Å². The van der Waals surface area contributed by atoms with Gasteiger partial charge >= 0.3 is 0 Å². The second-order valence-electron chi connectivity index (χ2n) is 15.8. The van der Waals surface area contributed by atoms with E-state index in [-0.39, 0.29) is 11.8 Å². The van der Waals surface area contributed by atoms with Crippen LogP contribution in [0.4, 0.5) is 11.4 Å². The van der Waals surface area contributed by atoms with Gasteiger partial charge in [-0.15, -0.1) is 0 Å². The third-order valence-electron chi connectivity index (χ3n) is 13.2.